The highest BCUT2D eigenvalue weighted by Crippen LogP contribution is 2.15. The standard InChI is InChI=1S/C19H17N3O2/c1-2-24-16-10-7-14(8-11-16)22-19(23)12-9-15-13-20-17-5-3-4-6-18(17)21-15/h3-13H,2H2,1H3,(H,22,23)/b12-9+. The van der Waals surface area contributed by atoms with Gasteiger partial charge in [0.25, 0.3) is 0 Å². The molecule has 0 spiro atoms. The Labute approximate surface area is 140 Å². The van der Waals surface area contributed by atoms with E-state index in [1.54, 1.807) is 24.4 Å². The molecule has 0 saturated heterocycles. The molecule has 0 aliphatic carbocycles. The summed E-state index contributed by atoms with van der Waals surface area (Å²) in [6.45, 7) is 2.54. The number of amides is 1. The van der Waals surface area contributed by atoms with E-state index in [9.17, 15) is 4.79 Å². The Balaban J connectivity index is 1.65. The highest BCUT2D eigenvalue weighted by Gasteiger charge is 2.00. The number of para-hydroxylation sites is 2. The molecule has 0 aliphatic rings. The van der Waals surface area contributed by atoms with Crippen LogP contribution in [0.2, 0.25) is 0 Å². The van der Waals surface area contributed by atoms with Crippen LogP contribution in [0, 0.1) is 0 Å². The zero-order valence-electron chi connectivity index (χ0n) is 13.3. The molecule has 1 heterocycles. The monoisotopic (exact) mass is 319 g/mol. The first-order valence-corrected chi connectivity index (χ1v) is 7.68. The Bertz CT molecular complexity index is 873. The average molecular weight is 319 g/mol. The molecule has 3 aromatic rings. The van der Waals surface area contributed by atoms with Crippen LogP contribution in [-0.4, -0.2) is 22.5 Å². The maximum atomic E-state index is 12.0. The molecule has 2 aromatic carbocycles. The smallest absolute Gasteiger partial charge is 0.248 e. The summed E-state index contributed by atoms with van der Waals surface area (Å²) in [6.07, 6.45) is 4.72. The van der Waals surface area contributed by atoms with Gasteiger partial charge in [-0.15, -0.1) is 0 Å². The second-order valence-electron chi connectivity index (χ2n) is 5.06. The molecule has 0 unspecified atom stereocenters. The van der Waals surface area contributed by atoms with Crippen LogP contribution in [0.15, 0.2) is 60.8 Å². The zero-order chi connectivity index (χ0) is 16.8. The van der Waals surface area contributed by atoms with Gasteiger partial charge in [-0.3, -0.25) is 9.78 Å². The van der Waals surface area contributed by atoms with Crippen LogP contribution in [0.1, 0.15) is 12.6 Å². The van der Waals surface area contributed by atoms with Gasteiger partial charge in [-0.2, -0.15) is 0 Å². The second-order valence-corrected chi connectivity index (χ2v) is 5.06. The van der Waals surface area contributed by atoms with Crippen LogP contribution in [0.25, 0.3) is 17.1 Å². The van der Waals surface area contributed by atoms with Crippen molar-refractivity contribution >= 4 is 28.7 Å². The fraction of sp³-hybridized carbons (Fsp3) is 0.105. The average Bonchev–Trinajstić information content (AvgIpc) is 2.62. The van der Waals surface area contributed by atoms with Gasteiger partial charge in [-0.25, -0.2) is 4.98 Å². The Morgan fingerprint density at radius 2 is 1.88 bits per heavy atom. The van der Waals surface area contributed by atoms with Gasteiger partial charge in [0, 0.05) is 11.8 Å². The van der Waals surface area contributed by atoms with Gasteiger partial charge in [0.15, 0.2) is 0 Å². The van der Waals surface area contributed by atoms with E-state index in [2.05, 4.69) is 15.3 Å². The fourth-order valence-electron chi connectivity index (χ4n) is 2.20. The number of carbonyl (C=O) groups excluding carboxylic acids is 1. The number of hydrogen-bond acceptors (Lipinski definition) is 4. The van der Waals surface area contributed by atoms with Crippen LogP contribution in [0.5, 0.6) is 5.75 Å². The van der Waals surface area contributed by atoms with E-state index in [0.29, 0.717) is 18.0 Å². The molecule has 0 saturated carbocycles. The summed E-state index contributed by atoms with van der Waals surface area (Å²) in [6, 6.07) is 14.8. The lowest BCUT2D eigenvalue weighted by Crippen LogP contribution is -2.07. The third-order valence-corrected chi connectivity index (χ3v) is 3.31. The number of benzene rings is 2. The number of carbonyl (C=O) groups is 1. The predicted molar refractivity (Wildman–Crippen MR) is 94.8 cm³/mol. The lowest BCUT2D eigenvalue weighted by molar-refractivity contribution is -0.111. The molecule has 1 aromatic heterocycles. The largest absolute Gasteiger partial charge is 0.494 e. The topological polar surface area (TPSA) is 64.1 Å². The van der Waals surface area contributed by atoms with Crippen molar-refractivity contribution in [3.8, 4) is 5.75 Å². The molecule has 24 heavy (non-hydrogen) atoms. The highest BCUT2D eigenvalue weighted by molar-refractivity contribution is 6.01. The Morgan fingerprint density at radius 3 is 2.62 bits per heavy atom. The van der Waals surface area contributed by atoms with Gasteiger partial charge in [0.2, 0.25) is 5.91 Å². The number of ether oxygens (including phenoxy) is 1. The predicted octanol–water partition coefficient (Wildman–Crippen LogP) is 3.68. The Hall–Kier alpha value is -3.21. The van der Waals surface area contributed by atoms with Gasteiger partial charge < -0.3 is 10.1 Å². The summed E-state index contributed by atoms with van der Waals surface area (Å²) >= 11 is 0. The van der Waals surface area contributed by atoms with Crippen molar-refractivity contribution in [2.24, 2.45) is 0 Å². The van der Waals surface area contributed by atoms with E-state index in [4.69, 9.17) is 4.74 Å². The maximum absolute atomic E-state index is 12.0. The lowest BCUT2D eigenvalue weighted by atomic mass is 10.3. The van der Waals surface area contributed by atoms with Crippen LogP contribution < -0.4 is 10.1 Å². The third-order valence-electron chi connectivity index (χ3n) is 3.31. The van der Waals surface area contributed by atoms with E-state index >= 15 is 0 Å². The van der Waals surface area contributed by atoms with Gasteiger partial charge in [0.1, 0.15) is 5.75 Å². The van der Waals surface area contributed by atoms with Crippen molar-refractivity contribution < 1.29 is 9.53 Å². The molecule has 5 nitrogen and oxygen atoms in total. The number of nitrogens with zero attached hydrogens (tertiary/aromatic N) is 2. The number of aromatic nitrogens is 2. The summed E-state index contributed by atoms with van der Waals surface area (Å²) in [5, 5.41) is 2.79. The number of rotatable bonds is 5. The molecule has 0 bridgehead atoms. The van der Waals surface area contributed by atoms with Gasteiger partial charge in [-0.1, -0.05) is 12.1 Å². The SMILES string of the molecule is CCOc1ccc(NC(=O)/C=C/c2cnc3ccccc3n2)cc1. The van der Waals surface area contributed by atoms with Crippen molar-refractivity contribution in [1.82, 2.24) is 9.97 Å². The van der Waals surface area contributed by atoms with E-state index in [1.807, 2.05) is 43.3 Å². The quantitative estimate of drug-likeness (QED) is 0.729. The summed E-state index contributed by atoms with van der Waals surface area (Å²) in [7, 11) is 0. The van der Waals surface area contributed by atoms with Crippen molar-refractivity contribution in [2.45, 2.75) is 6.92 Å². The fourth-order valence-corrected chi connectivity index (χ4v) is 2.20. The molecule has 3 rings (SSSR count). The van der Waals surface area contributed by atoms with Gasteiger partial charge >= 0.3 is 0 Å². The summed E-state index contributed by atoms with van der Waals surface area (Å²) in [5.74, 6) is 0.548. The zero-order valence-corrected chi connectivity index (χ0v) is 13.3. The lowest BCUT2D eigenvalue weighted by Gasteiger charge is -2.05. The van der Waals surface area contributed by atoms with E-state index in [0.717, 1.165) is 16.8 Å². The minimum absolute atomic E-state index is 0.228. The first-order valence-electron chi connectivity index (χ1n) is 7.68. The van der Waals surface area contributed by atoms with Crippen molar-refractivity contribution in [2.75, 3.05) is 11.9 Å². The molecule has 0 atom stereocenters. The Morgan fingerprint density at radius 1 is 1.12 bits per heavy atom. The Kier molecular flexibility index (Phi) is 4.81. The minimum atomic E-state index is -0.228. The molecule has 0 fully saturated rings. The molecule has 0 radical (unpaired) electrons. The minimum Gasteiger partial charge on any atom is -0.494 e. The highest BCUT2D eigenvalue weighted by atomic mass is 16.5. The number of fused-ring (bicyclic) bond motifs is 1. The first-order chi connectivity index (χ1) is 11.7. The summed E-state index contributed by atoms with van der Waals surface area (Å²) in [4.78, 5) is 20.7. The number of anilines is 1. The van der Waals surface area contributed by atoms with Gasteiger partial charge in [0.05, 0.1) is 29.5 Å². The maximum Gasteiger partial charge on any atom is 0.248 e. The van der Waals surface area contributed by atoms with Crippen LogP contribution in [0.3, 0.4) is 0 Å². The normalized spacial score (nSPS) is 10.9. The second kappa shape index (κ2) is 7.37. The number of nitrogens with one attached hydrogen (secondary N) is 1. The van der Waals surface area contributed by atoms with Crippen LogP contribution in [0.4, 0.5) is 5.69 Å². The molecular formula is C19H17N3O2. The van der Waals surface area contributed by atoms with Crippen LogP contribution in [-0.2, 0) is 4.79 Å². The number of hydrogen-bond donors (Lipinski definition) is 1. The van der Waals surface area contributed by atoms with Crippen molar-refractivity contribution in [3.63, 3.8) is 0 Å². The molecule has 0 aliphatic heterocycles. The van der Waals surface area contributed by atoms with Crippen molar-refractivity contribution in [3.05, 3.63) is 66.5 Å². The molecule has 5 heteroatoms. The molecule has 1 N–H and O–H groups in total. The summed E-state index contributed by atoms with van der Waals surface area (Å²) < 4.78 is 5.36. The molecular weight excluding hydrogens is 302 g/mol. The molecule has 120 valence electrons. The van der Waals surface area contributed by atoms with E-state index in [1.165, 1.54) is 6.08 Å². The van der Waals surface area contributed by atoms with Crippen LogP contribution >= 0.6 is 0 Å². The first kappa shape index (κ1) is 15.7. The van der Waals surface area contributed by atoms with Crippen molar-refractivity contribution in [1.29, 1.82) is 0 Å². The summed E-state index contributed by atoms with van der Waals surface area (Å²) in [5.41, 5.74) is 2.97. The third kappa shape index (κ3) is 3.95. The van der Waals surface area contributed by atoms with Gasteiger partial charge in [-0.05, 0) is 49.4 Å². The van der Waals surface area contributed by atoms with E-state index < -0.39 is 0 Å². The van der Waals surface area contributed by atoms with E-state index in [-0.39, 0.29) is 5.91 Å². The molecule has 1 amide bonds.